The molecule has 1 fully saturated rings. The van der Waals surface area contributed by atoms with Crippen LogP contribution in [0.15, 0.2) is 65.7 Å². The Morgan fingerprint density at radius 3 is 2.48 bits per heavy atom. The summed E-state index contributed by atoms with van der Waals surface area (Å²) < 4.78 is 48.4. The number of ether oxygens (including phenoxy) is 2. The maximum absolute atomic E-state index is 14.5. The van der Waals surface area contributed by atoms with Crippen LogP contribution in [0, 0.1) is 0 Å². The zero-order valence-electron chi connectivity index (χ0n) is 42.7. The Labute approximate surface area is 431 Å². The van der Waals surface area contributed by atoms with Crippen LogP contribution in [-0.4, -0.2) is 136 Å². The Bertz CT molecular complexity index is 3360. The number of hydrogen-bond donors (Lipinski definition) is 8. The second-order valence-corrected chi connectivity index (χ2v) is 22.3. The van der Waals surface area contributed by atoms with E-state index in [1.54, 1.807) is 11.9 Å². The number of benzene rings is 3. The number of anilines is 2. The number of aryl methyl sites for hydroxylation is 2. The van der Waals surface area contributed by atoms with E-state index < -0.39 is 58.4 Å². The highest BCUT2D eigenvalue weighted by Gasteiger charge is 2.51. The van der Waals surface area contributed by atoms with E-state index in [0.29, 0.717) is 12.0 Å². The van der Waals surface area contributed by atoms with Crippen molar-refractivity contribution in [3.8, 4) is 0 Å². The summed E-state index contributed by atoms with van der Waals surface area (Å²) in [6.07, 6.45) is -3.86. The predicted molar refractivity (Wildman–Crippen MR) is 274 cm³/mol. The number of fused-ring (bicyclic) bond motifs is 4. The molecule has 26 heteroatoms. The zero-order chi connectivity index (χ0) is 54.3. The monoisotopic (exact) mass is 1080 g/mol. The Morgan fingerprint density at radius 1 is 1.03 bits per heavy atom. The third kappa shape index (κ3) is 11.6. The van der Waals surface area contributed by atoms with Gasteiger partial charge in [-0.1, -0.05) is 43.1 Å². The molecule has 24 nitrogen and oxygen atoms in total. The van der Waals surface area contributed by atoms with Gasteiger partial charge in [-0.05, 0) is 77.1 Å². The van der Waals surface area contributed by atoms with Crippen LogP contribution in [0.5, 0.6) is 0 Å². The number of H-pyrrole nitrogens is 1. The summed E-state index contributed by atoms with van der Waals surface area (Å²) in [6.45, 7) is 7.72. The second kappa shape index (κ2) is 21.7. The normalized spacial score (nSPS) is 19.7. The van der Waals surface area contributed by atoms with Crippen LogP contribution in [0.25, 0.3) is 16.7 Å². The van der Waals surface area contributed by atoms with E-state index in [1.807, 2.05) is 38.4 Å². The predicted octanol–water partition coefficient (Wildman–Crippen LogP) is 0.789. The van der Waals surface area contributed by atoms with E-state index in [-0.39, 0.29) is 60.4 Å². The number of aromatic amines is 1. The Morgan fingerprint density at radius 2 is 1.76 bits per heavy atom. The van der Waals surface area contributed by atoms with Gasteiger partial charge in [0.05, 0.1) is 13.7 Å². The molecule has 0 bridgehead atoms. The lowest BCUT2D eigenvalue weighted by Crippen LogP contribution is -2.47. The van der Waals surface area contributed by atoms with Crippen LogP contribution in [0.3, 0.4) is 0 Å². The highest BCUT2D eigenvalue weighted by Crippen LogP contribution is 2.57. The van der Waals surface area contributed by atoms with Crippen molar-refractivity contribution in [2.24, 2.45) is 7.05 Å². The van der Waals surface area contributed by atoms with Gasteiger partial charge in [-0.2, -0.15) is 4.31 Å². The fourth-order valence-electron chi connectivity index (χ4n) is 10.2. The molecule has 3 amide bonds. The van der Waals surface area contributed by atoms with E-state index in [2.05, 4.69) is 85.5 Å². The maximum atomic E-state index is 14.5. The van der Waals surface area contributed by atoms with E-state index in [0.717, 1.165) is 53.5 Å². The highest BCUT2D eigenvalue weighted by atomic mass is 31.3. The Balaban J connectivity index is 0.904. The van der Waals surface area contributed by atoms with Crippen molar-refractivity contribution in [3.63, 3.8) is 0 Å². The van der Waals surface area contributed by atoms with Crippen molar-refractivity contribution < 1.29 is 66.2 Å². The third-order valence-electron chi connectivity index (χ3n) is 13.8. The number of hydrogen-bond acceptors (Lipinski definition) is 14. The lowest BCUT2D eigenvalue weighted by molar-refractivity contribution is -0.745. The fourth-order valence-corrected chi connectivity index (χ4v) is 11.8. The van der Waals surface area contributed by atoms with E-state index in [4.69, 9.17) is 29.5 Å². The number of phosphoric acid groups is 2. The molecule has 4 heterocycles. The number of carbonyl (C=O) groups is 3. The number of phosphoric ester groups is 1. The molecule has 3 aromatic carbocycles. The molecular weight excluding hydrogens is 1010 g/mol. The first-order chi connectivity index (χ1) is 35.4. The van der Waals surface area contributed by atoms with Crippen LogP contribution in [0.4, 0.5) is 16.4 Å². The largest absolute Gasteiger partial charge is 0.481 e. The lowest BCUT2D eigenvalue weighted by atomic mass is 9.68. The molecule has 9 N–H and O–H groups in total. The summed E-state index contributed by atoms with van der Waals surface area (Å²) in [5, 5.41) is 18.9. The minimum atomic E-state index is -5.51. The highest BCUT2D eigenvalue weighted by molar-refractivity contribution is 7.60. The summed E-state index contributed by atoms with van der Waals surface area (Å²) in [7, 11) is -3.66. The average molecular weight is 1080 g/mol. The molecule has 5 aromatic rings. The molecule has 75 heavy (non-hydrogen) atoms. The fraction of sp³-hybridized carbons (Fsp3) is 0.449. The van der Waals surface area contributed by atoms with Gasteiger partial charge in [-0.3, -0.25) is 28.5 Å². The van der Waals surface area contributed by atoms with Crippen molar-refractivity contribution in [3.05, 3.63) is 115 Å². The van der Waals surface area contributed by atoms with Crippen molar-refractivity contribution in [2.45, 2.75) is 76.4 Å². The summed E-state index contributed by atoms with van der Waals surface area (Å²) in [4.78, 5) is 91.4. The first-order valence-electron chi connectivity index (χ1n) is 24.4. The van der Waals surface area contributed by atoms with Crippen molar-refractivity contribution in [1.82, 2.24) is 34.6 Å². The second-order valence-electron chi connectivity index (χ2n) is 19.5. The van der Waals surface area contributed by atoms with Crippen LogP contribution >= 0.6 is 15.6 Å². The summed E-state index contributed by atoms with van der Waals surface area (Å²) in [5.41, 5.74) is 13.0. The van der Waals surface area contributed by atoms with Gasteiger partial charge < -0.3 is 55.4 Å². The molecule has 8 rings (SSSR count). The van der Waals surface area contributed by atoms with E-state index >= 15 is 0 Å². The number of amides is 3. The molecule has 1 aliphatic carbocycles. The number of aromatic nitrogens is 4. The molecular formula is C49H64N10O14P2+2. The molecule has 2 aromatic heterocycles. The molecule has 1 unspecified atom stereocenters. The smallest absolute Gasteiger partial charge is 0.440 e. The Hall–Kier alpha value is -6.33. The number of nitrogens with zero attached hydrogens (tertiary/aromatic N) is 6. The van der Waals surface area contributed by atoms with Gasteiger partial charge in [0, 0.05) is 81.9 Å². The van der Waals surface area contributed by atoms with E-state index in [1.165, 1.54) is 44.6 Å². The number of nitrogens with two attached hydrogens (primary N) is 1. The number of nitrogen functional groups attached to an aromatic ring is 1. The van der Waals surface area contributed by atoms with Gasteiger partial charge in [-0.15, -0.1) is 0 Å². The number of imidazole rings is 1. The van der Waals surface area contributed by atoms with Gasteiger partial charge in [0.1, 0.15) is 19.2 Å². The average Bonchev–Trinajstić information content (AvgIpc) is 3.84. The standard InChI is InChI=1S/C49H62N10O14P2/c1-8-58-22-11-13-28-23-33-35(25-36(28)58)49(2,3)34-24-29(55(4)5)17-18-32(34)39(33)30-14-9-10-15-31(30)45(63)56(6)21-12-16-38(60)51-19-20-52-48(64)72-42-37(26-70-75(68,69)73-74(65,66)67)71-46(41(42)61)59-27-57(7)40-43(59)53-47(50)54-44(40)62/h9-10,14-15,17-18,23-25,27,37,41-42,46,61H,8,11-13,16,19-22,26H2,1-7H3,(H6-2,50,51,52,53,54,60,62,64,65,66,67,68,69)/p+2/t37-,41-,42-,46-/m1/s1. The van der Waals surface area contributed by atoms with Crippen LogP contribution in [0.2, 0.25) is 0 Å². The summed E-state index contributed by atoms with van der Waals surface area (Å²) >= 11 is 0. The van der Waals surface area contributed by atoms with Crippen LogP contribution < -0.4 is 46.5 Å². The molecule has 3 aliphatic rings. The van der Waals surface area contributed by atoms with Crippen molar-refractivity contribution >= 4 is 61.9 Å². The quantitative estimate of drug-likeness (QED) is 0.0342. The summed E-state index contributed by atoms with van der Waals surface area (Å²) in [5.74, 6) is -0.821. The Kier molecular flexibility index (Phi) is 15.9. The van der Waals surface area contributed by atoms with Gasteiger partial charge in [0.2, 0.25) is 23.0 Å². The SMILES string of the molecule is CC[N+]1=c2cc3c(cc2CCC1)=C(c1ccccc1C(=O)N(C)CCCC(=O)NCCNC(=O)O[C@H]1[C@@H](O)[C@H]([n+]2cn(C)c4c(=O)[nH]c(N)nc42)O[C@@H]1COP(=O)(O)OP(=O)(O)O)c1ccc(N(C)C)cc1C3(C)C. The first kappa shape index (κ1) is 54.9. The molecule has 5 atom stereocenters. The minimum absolute atomic E-state index is 0.0189. The lowest BCUT2D eigenvalue weighted by Gasteiger charge is -2.36. The number of rotatable bonds is 18. The number of nitrogens with one attached hydrogen (secondary N) is 3. The number of carbonyl (C=O) groups excluding carboxylic acids is 3. The summed E-state index contributed by atoms with van der Waals surface area (Å²) in [6, 6.07) is 18.9. The zero-order valence-corrected chi connectivity index (χ0v) is 44.5. The number of aliphatic hydroxyl groups excluding tert-OH is 1. The minimum Gasteiger partial charge on any atom is -0.440 e. The van der Waals surface area contributed by atoms with Crippen LogP contribution in [-0.2, 0) is 51.1 Å². The maximum Gasteiger partial charge on any atom is 0.481 e. The van der Waals surface area contributed by atoms with Crippen LogP contribution in [0.1, 0.15) is 84.4 Å². The van der Waals surface area contributed by atoms with Gasteiger partial charge in [0.15, 0.2) is 18.5 Å². The molecule has 0 saturated carbocycles. The molecule has 402 valence electrons. The molecule has 1 saturated heterocycles. The third-order valence-corrected chi connectivity index (χ3v) is 16.0. The van der Waals surface area contributed by atoms with E-state index in [9.17, 15) is 38.3 Å². The van der Waals surface area contributed by atoms with Gasteiger partial charge in [0.25, 0.3) is 17.4 Å². The number of aliphatic hydroxyl groups is 1. The molecule has 0 spiro atoms. The first-order valence-corrected chi connectivity index (χ1v) is 27.4. The van der Waals surface area contributed by atoms with Gasteiger partial charge >= 0.3 is 27.4 Å². The molecule has 0 radical (unpaired) electrons. The topological polar surface area (TPSA) is 317 Å². The van der Waals surface area contributed by atoms with Crippen molar-refractivity contribution in [1.29, 1.82) is 0 Å². The number of alkyl carbamates (subject to hydrolysis) is 1. The van der Waals surface area contributed by atoms with Gasteiger partial charge in [-0.25, -0.2) is 23.1 Å². The molecule has 2 aliphatic heterocycles. The van der Waals surface area contributed by atoms with Crippen molar-refractivity contribution in [2.75, 3.05) is 71.1 Å².